The van der Waals surface area contributed by atoms with Crippen molar-refractivity contribution in [3.63, 3.8) is 0 Å². The number of esters is 4. The molecule has 19 heteroatoms. The number of rotatable bonds is 65. The molecule has 0 aliphatic heterocycles. The van der Waals surface area contributed by atoms with E-state index in [1.54, 1.807) is 0 Å². The summed E-state index contributed by atoms with van der Waals surface area (Å²) < 4.78 is 67.9. The van der Waals surface area contributed by atoms with E-state index in [0.717, 1.165) is 102 Å². The number of carbonyl (C=O) groups is 4. The lowest BCUT2D eigenvalue weighted by atomic mass is 10.0. The summed E-state index contributed by atoms with van der Waals surface area (Å²) in [7, 11) is -9.88. The van der Waals surface area contributed by atoms with Crippen molar-refractivity contribution in [3.8, 4) is 0 Å². The maximum atomic E-state index is 13.0. The number of phosphoric ester groups is 2. The van der Waals surface area contributed by atoms with E-state index < -0.39 is 97.5 Å². The van der Waals surface area contributed by atoms with Gasteiger partial charge in [-0.05, 0) is 31.6 Å². The molecular weight excluding hydrogens is 1110 g/mol. The van der Waals surface area contributed by atoms with E-state index in [-0.39, 0.29) is 25.7 Å². The highest BCUT2D eigenvalue weighted by molar-refractivity contribution is 7.47. The first-order valence-electron chi connectivity index (χ1n) is 34.1. The Morgan fingerprint density at radius 3 is 0.810 bits per heavy atom. The average molecular weight is 1240 g/mol. The Morgan fingerprint density at radius 2 is 0.548 bits per heavy atom. The zero-order valence-electron chi connectivity index (χ0n) is 54.0. The summed E-state index contributed by atoms with van der Waals surface area (Å²) in [5, 5.41) is 10.5. The number of hydrogen-bond donors (Lipinski definition) is 3. The van der Waals surface area contributed by atoms with Gasteiger partial charge < -0.3 is 33.8 Å². The molecule has 3 N–H and O–H groups in total. The van der Waals surface area contributed by atoms with E-state index >= 15 is 0 Å². The van der Waals surface area contributed by atoms with Crippen LogP contribution in [-0.4, -0.2) is 96.7 Å². The third kappa shape index (κ3) is 59.0. The molecule has 0 aliphatic carbocycles. The molecule has 0 saturated heterocycles. The molecule has 0 aromatic heterocycles. The summed E-state index contributed by atoms with van der Waals surface area (Å²) in [6.45, 7) is 7.08. The number of aliphatic hydroxyl groups excluding tert-OH is 1. The molecule has 0 heterocycles. The normalized spacial score (nSPS) is 14.2. The summed E-state index contributed by atoms with van der Waals surface area (Å²) in [6.07, 6.45) is 43.4. The van der Waals surface area contributed by atoms with E-state index in [0.29, 0.717) is 25.7 Å². The number of phosphoric acid groups is 2. The Morgan fingerprint density at radius 1 is 0.321 bits per heavy atom. The van der Waals surface area contributed by atoms with Crippen molar-refractivity contribution in [3.05, 3.63) is 0 Å². The molecule has 2 unspecified atom stereocenters. The fourth-order valence-corrected chi connectivity index (χ4v) is 11.3. The van der Waals surface area contributed by atoms with Crippen LogP contribution in [0.1, 0.15) is 330 Å². The van der Waals surface area contributed by atoms with E-state index in [4.69, 9.17) is 37.0 Å². The second-order valence-electron chi connectivity index (χ2n) is 24.0. The van der Waals surface area contributed by atoms with Crippen molar-refractivity contribution in [2.45, 2.75) is 348 Å². The summed E-state index contributed by atoms with van der Waals surface area (Å²) in [6, 6.07) is 0. The molecule has 0 aliphatic rings. The molecule has 0 rings (SSSR count). The SMILES string of the molecule is CCCCCCCCCCCCCCCCC(=O)OC[C@H](COP(=O)(O)OC[C@@H](O)COP(=O)(O)OC[C@@H](COC(=O)CCCCCCC)OC(=O)CCCCCCCCCCC(C)C)OC(=O)CCCCCCCCCCCCCCCC. The van der Waals surface area contributed by atoms with Crippen LogP contribution in [0.2, 0.25) is 0 Å². The van der Waals surface area contributed by atoms with Crippen molar-refractivity contribution < 1.29 is 80.2 Å². The number of aliphatic hydroxyl groups is 1. The lowest BCUT2D eigenvalue weighted by molar-refractivity contribution is -0.161. The Labute approximate surface area is 511 Å². The summed E-state index contributed by atoms with van der Waals surface area (Å²) in [4.78, 5) is 72.0. The maximum absolute atomic E-state index is 13.0. The van der Waals surface area contributed by atoms with Gasteiger partial charge >= 0.3 is 39.5 Å². The van der Waals surface area contributed by atoms with Crippen LogP contribution < -0.4 is 0 Å². The minimum Gasteiger partial charge on any atom is -0.462 e. The summed E-state index contributed by atoms with van der Waals surface area (Å²) in [5.74, 6) is -1.42. The fourth-order valence-electron chi connectivity index (χ4n) is 9.76. The lowest BCUT2D eigenvalue weighted by Gasteiger charge is -2.21. The predicted molar refractivity (Wildman–Crippen MR) is 335 cm³/mol. The molecular formula is C65H126O17P2. The van der Waals surface area contributed by atoms with Crippen molar-refractivity contribution >= 4 is 39.5 Å². The molecule has 17 nitrogen and oxygen atoms in total. The molecule has 0 bridgehead atoms. The van der Waals surface area contributed by atoms with Gasteiger partial charge in [0.1, 0.15) is 19.3 Å². The minimum atomic E-state index is -4.94. The highest BCUT2D eigenvalue weighted by Gasteiger charge is 2.30. The standard InChI is InChI=1S/C65H126O17P2/c1-6-9-12-15-17-19-21-23-25-27-29-34-39-44-49-63(68)76-55-61(82-64(69)50-45-40-35-30-28-26-24-22-20-18-16-13-10-7-2)57-80-84(73,74)78-53-59(66)52-77-83(71,72)79-56-60(54-75-62(67)48-43-37-14-11-8-3)81-65(70)51-46-41-36-32-31-33-38-42-47-58(4)5/h58-61,66H,6-57H2,1-5H3,(H,71,72)(H,73,74)/t59-,60+,61+/m0/s1. The topological polar surface area (TPSA) is 237 Å². The van der Waals surface area contributed by atoms with Crippen LogP contribution in [0.4, 0.5) is 0 Å². The van der Waals surface area contributed by atoms with Gasteiger partial charge in [0.2, 0.25) is 0 Å². The number of unbranched alkanes of at least 4 members (excludes halogenated alkanes) is 37. The van der Waals surface area contributed by atoms with Gasteiger partial charge in [0.05, 0.1) is 26.4 Å². The van der Waals surface area contributed by atoms with E-state index in [9.17, 15) is 43.2 Å². The number of carbonyl (C=O) groups excluding carboxylic acids is 4. The van der Waals surface area contributed by atoms with Gasteiger partial charge in [0.15, 0.2) is 12.2 Å². The molecule has 0 radical (unpaired) electrons. The zero-order chi connectivity index (χ0) is 62.0. The van der Waals surface area contributed by atoms with Crippen LogP contribution in [-0.2, 0) is 65.4 Å². The molecule has 0 aromatic carbocycles. The quantitative estimate of drug-likeness (QED) is 0.0222. The molecule has 5 atom stereocenters. The summed E-state index contributed by atoms with van der Waals surface area (Å²) >= 11 is 0. The highest BCUT2D eigenvalue weighted by Crippen LogP contribution is 2.45. The molecule has 0 amide bonds. The Kier molecular flexibility index (Phi) is 57.4. The van der Waals surface area contributed by atoms with Crippen LogP contribution in [0.25, 0.3) is 0 Å². The van der Waals surface area contributed by atoms with Gasteiger partial charge in [-0.25, -0.2) is 9.13 Å². The molecule has 0 aromatic rings. The Hall–Kier alpha value is -1.94. The molecule has 84 heavy (non-hydrogen) atoms. The van der Waals surface area contributed by atoms with Crippen molar-refractivity contribution in [2.75, 3.05) is 39.6 Å². The van der Waals surface area contributed by atoms with E-state index in [1.165, 1.54) is 148 Å². The van der Waals surface area contributed by atoms with E-state index in [1.807, 2.05) is 0 Å². The van der Waals surface area contributed by atoms with Crippen molar-refractivity contribution in [1.82, 2.24) is 0 Å². The average Bonchev–Trinajstić information content (AvgIpc) is 3.57. The van der Waals surface area contributed by atoms with Gasteiger partial charge in [0, 0.05) is 25.7 Å². The zero-order valence-corrected chi connectivity index (χ0v) is 55.8. The van der Waals surface area contributed by atoms with Crippen LogP contribution in [0.3, 0.4) is 0 Å². The summed E-state index contributed by atoms with van der Waals surface area (Å²) in [5.41, 5.74) is 0. The number of ether oxygens (including phenoxy) is 4. The van der Waals surface area contributed by atoms with Crippen molar-refractivity contribution in [1.29, 1.82) is 0 Å². The first kappa shape index (κ1) is 82.1. The second-order valence-corrected chi connectivity index (χ2v) is 26.9. The Balaban J connectivity index is 5.17. The largest absolute Gasteiger partial charge is 0.472 e. The van der Waals surface area contributed by atoms with Crippen LogP contribution >= 0.6 is 15.6 Å². The molecule has 0 spiro atoms. The lowest BCUT2D eigenvalue weighted by Crippen LogP contribution is -2.30. The highest BCUT2D eigenvalue weighted by atomic mass is 31.2. The molecule has 0 saturated carbocycles. The third-order valence-electron chi connectivity index (χ3n) is 15.0. The maximum Gasteiger partial charge on any atom is 0.472 e. The van der Waals surface area contributed by atoms with Gasteiger partial charge in [-0.15, -0.1) is 0 Å². The molecule has 0 fully saturated rings. The second kappa shape index (κ2) is 58.7. The predicted octanol–water partition coefficient (Wildman–Crippen LogP) is 18.2. The smallest absolute Gasteiger partial charge is 0.462 e. The first-order chi connectivity index (χ1) is 40.5. The Bertz CT molecular complexity index is 1640. The molecule has 498 valence electrons. The van der Waals surface area contributed by atoms with Crippen LogP contribution in [0.5, 0.6) is 0 Å². The van der Waals surface area contributed by atoms with Crippen LogP contribution in [0.15, 0.2) is 0 Å². The fraction of sp³-hybridized carbons (Fsp3) is 0.938. The minimum absolute atomic E-state index is 0.104. The third-order valence-corrected chi connectivity index (χ3v) is 16.9. The van der Waals surface area contributed by atoms with Crippen molar-refractivity contribution in [2.24, 2.45) is 5.92 Å². The monoisotopic (exact) mass is 1240 g/mol. The van der Waals surface area contributed by atoms with Gasteiger partial charge in [-0.2, -0.15) is 0 Å². The van der Waals surface area contributed by atoms with Gasteiger partial charge in [-0.1, -0.05) is 279 Å². The van der Waals surface area contributed by atoms with Crippen LogP contribution in [0, 0.1) is 5.92 Å². The van der Waals surface area contributed by atoms with Gasteiger partial charge in [-0.3, -0.25) is 37.3 Å². The first-order valence-corrected chi connectivity index (χ1v) is 37.1. The van der Waals surface area contributed by atoms with E-state index in [2.05, 4.69) is 34.6 Å². The number of hydrogen-bond acceptors (Lipinski definition) is 15. The van der Waals surface area contributed by atoms with Gasteiger partial charge in [0.25, 0.3) is 0 Å².